The van der Waals surface area contributed by atoms with Crippen LogP contribution in [0.2, 0.25) is 0 Å². The summed E-state index contributed by atoms with van der Waals surface area (Å²) in [7, 11) is 0. The largest absolute Gasteiger partial charge is 0.457 e. The third-order valence-electron chi connectivity index (χ3n) is 5.06. The molecule has 0 aliphatic heterocycles. The van der Waals surface area contributed by atoms with Crippen molar-refractivity contribution >= 4 is 28.2 Å². The molecule has 30 heavy (non-hydrogen) atoms. The number of hydrogen-bond donors (Lipinski definition) is 1. The van der Waals surface area contributed by atoms with Crippen LogP contribution in [0.15, 0.2) is 47.1 Å². The van der Waals surface area contributed by atoms with Crippen molar-refractivity contribution in [1.82, 2.24) is 0 Å². The molecule has 0 fully saturated rings. The number of esters is 1. The summed E-state index contributed by atoms with van der Waals surface area (Å²) in [6, 6.07) is 13.2. The van der Waals surface area contributed by atoms with Crippen molar-refractivity contribution in [2.75, 3.05) is 11.9 Å². The molecule has 6 nitrogen and oxygen atoms in total. The van der Waals surface area contributed by atoms with E-state index in [0.29, 0.717) is 16.1 Å². The minimum absolute atomic E-state index is 0.0505. The van der Waals surface area contributed by atoms with Crippen LogP contribution in [0.25, 0.3) is 11.1 Å². The van der Waals surface area contributed by atoms with Gasteiger partial charge in [-0.2, -0.15) is 5.26 Å². The van der Waals surface area contributed by atoms with Crippen molar-refractivity contribution in [3.8, 4) is 17.2 Å². The number of carbonyl (C=O) groups excluding carboxylic acids is 2. The van der Waals surface area contributed by atoms with E-state index in [1.54, 1.807) is 6.07 Å². The van der Waals surface area contributed by atoms with Crippen LogP contribution in [0.1, 0.15) is 45.8 Å². The normalized spacial score (nSPS) is 13.0. The van der Waals surface area contributed by atoms with E-state index in [0.717, 1.165) is 43.2 Å². The van der Waals surface area contributed by atoms with Gasteiger partial charge in [-0.3, -0.25) is 4.79 Å². The van der Waals surface area contributed by atoms with Gasteiger partial charge in [0.25, 0.3) is 5.91 Å². The molecule has 0 saturated carbocycles. The minimum atomic E-state index is -0.712. The summed E-state index contributed by atoms with van der Waals surface area (Å²) >= 11 is 1.45. The van der Waals surface area contributed by atoms with Gasteiger partial charge in [0, 0.05) is 10.4 Å². The number of ether oxygens (including phenoxy) is 1. The summed E-state index contributed by atoms with van der Waals surface area (Å²) in [6.45, 7) is -0.457. The summed E-state index contributed by atoms with van der Waals surface area (Å²) in [5.41, 5.74) is 3.01. The van der Waals surface area contributed by atoms with Crippen molar-refractivity contribution in [2.45, 2.75) is 32.1 Å². The second kappa shape index (κ2) is 8.97. The quantitative estimate of drug-likeness (QED) is 0.466. The van der Waals surface area contributed by atoms with E-state index in [1.165, 1.54) is 22.5 Å². The van der Waals surface area contributed by atoms with Gasteiger partial charge < -0.3 is 14.5 Å². The summed E-state index contributed by atoms with van der Waals surface area (Å²) in [5.74, 6) is -1.14. The fourth-order valence-corrected chi connectivity index (χ4v) is 4.88. The van der Waals surface area contributed by atoms with Gasteiger partial charge in [-0.15, -0.1) is 11.3 Å². The smallest absolute Gasteiger partial charge is 0.375 e. The van der Waals surface area contributed by atoms with Gasteiger partial charge in [0.05, 0.1) is 11.8 Å². The fourth-order valence-electron chi connectivity index (χ4n) is 3.62. The maximum atomic E-state index is 12.4. The van der Waals surface area contributed by atoms with Gasteiger partial charge in [0.15, 0.2) is 6.61 Å². The summed E-state index contributed by atoms with van der Waals surface area (Å²) in [5, 5.41) is 12.8. The number of nitrogens with zero attached hydrogens (tertiary/aromatic N) is 1. The average molecular weight is 420 g/mol. The van der Waals surface area contributed by atoms with Gasteiger partial charge >= 0.3 is 5.97 Å². The Morgan fingerprint density at radius 1 is 1.13 bits per heavy atom. The molecule has 2 aromatic heterocycles. The number of fused-ring (bicyclic) bond motifs is 1. The van der Waals surface area contributed by atoms with E-state index >= 15 is 0 Å². The average Bonchev–Trinajstić information content (AvgIpc) is 3.31. The maximum absolute atomic E-state index is 12.4. The lowest BCUT2D eigenvalue weighted by atomic mass is 10.1. The van der Waals surface area contributed by atoms with E-state index in [4.69, 9.17) is 9.15 Å². The number of nitriles is 1. The molecule has 7 heteroatoms. The van der Waals surface area contributed by atoms with Crippen LogP contribution in [0.4, 0.5) is 5.00 Å². The first-order chi connectivity index (χ1) is 14.7. The zero-order valence-corrected chi connectivity index (χ0v) is 17.1. The SMILES string of the molecule is N#Cc1c(NC(=O)COC(=O)c2occc2-c2ccccc2)sc2c1CCCCC2. The van der Waals surface area contributed by atoms with Gasteiger partial charge in [-0.1, -0.05) is 36.8 Å². The van der Waals surface area contributed by atoms with Crippen LogP contribution < -0.4 is 5.32 Å². The highest BCUT2D eigenvalue weighted by Gasteiger charge is 2.23. The number of aryl methyl sites for hydroxylation is 1. The predicted molar refractivity (Wildman–Crippen MR) is 113 cm³/mol. The zero-order chi connectivity index (χ0) is 20.9. The van der Waals surface area contributed by atoms with E-state index in [9.17, 15) is 14.9 Å². The molecule has 1 amide bonds. The zero-order valence-electron chi connectivity index (χ0n) is 16.3. The molecule has 2 heterocycles. The highest BCUT2D eigenvalue weighted by molar-refractivity contribution is 7.16. The molecule has 1 aromatic carbocycles. The van der Waals surface area contributed by atoms with Crippen LogP contribution >= 0.6 is 11.3 Å². The Balaban J connectivity index is 1.41. The van der Waals surface area contributed by atoms with E-state index in [1.807, 2.05) is 30.3 Å². The Morgan fingerprint density at radius 2 is 1.93 bits per heavy atom. The van der Waals surface area contributed by atoms with Crippen molar-refractivity contribution in [3.63, 3.8) is 0 Å². The predicted octanol–water partition coefficient (Wildman–Crippen LogP) is 4.94. The van der Waals surface area contributed by atoms with Crippen LogP contribution in [0, 0.1) is 11.3 Å². The molecular formula is C23H20N2O4S. The second-order valence-corrected chi connectivity index (χ2v) is 8.14. The standard InChI is InChI=1S/C23H20N2O4S/c24-13-18-17-9-5-2-6-10-19(17)30-22(18)25-20(26)14-29-23(27)21-16(11-12-28-21)15-7-3-1-4-8-15/h1,3-4,7-8,11-12H,2,5-6,9-10,14H2,(H,25,26). The number of benzene rings is 1. The van der Waals surface area contributed by atoms with Gasteiger partial charge in [0.2, 0.25) is 5.76 Å². The Labute approximate surface area is 178 Å². The number of hydrogen-bond acceptors (Lipinski definition) is 6. The highest BCUT2D eigenvalue weighted by Crippen LogP contribution is 2.37. The van der Waals surface area contributed by atoms with Crippen molar-refractivity contribution in [1.29, 1.82) is 5.26 Å². The van der Waals surface area contributed by atoms with Gasteiger partial charge in [-0.05, 0) is 42.9 Å². The number of rotatable bonds is 5. The molecule has 152 valence electrons. The van der Waals surface area contributed by atoms with E-state index in [2.05, 4.69) is 11.4 Å². The molecule has 0 saturated heterocycles. The summed E-state index contributed by atoms with van der Waals surface area (Å²) in [4.78, 5) is 26.0. The molecule has 1 N–H and O–H groups in total. The lowest BCUT2D eigenvalue weighted by Gasteiger charge is -2.06. The molecule has 0 unspecified atom stereocenters. The Bertz CT molecular complexity index is 1110. The topological polar surface area (TPSA) is 92.3 Å². The molecule has 1 aliphatic rings. The lowest BCUT2D eigenvalue weighted by molar-refractivity contribution is -0.119. The molecule has 0 radical (unpaired) electrons. The van der Waals surface area contributed by atoms with Crippen molar-refractivity contribution in [3.05, 3.63) is 64.4 Å². The number of furan rings is 1. The lowest BCUT2D eigenvalue weighted by Crippen LogP contribution is -2.21. The van der Waals surface area contributed by atoms with Crippen LogP contribution in [-0.4, -0.2) is 18.5 Å². The first kappa shape index (κ1) is 19.9. The van der Waals surface area contributed by atoms with Crippen molar-refractivity contribution in [2.24, 2.45) is 0 Å². The molecule has 0 spiro atoms. The Kier molecular flexibility index (Phi) is 5.96. The molecule has 4 rings (SSSR count). The monoisotopic (exact) mass is 420 g/mol. The number of nitrogens with one attached hydrogen (secondary N) is 1. The maximum Gasteiger partial charge on any atom is 0.375 e. The third-order valence-corrected chi connectivity index (χ3v) is 6.26. The van der Waals surface area contributed by atoms with Gasteiger partial charge in [-0.25, -0.2) is 4.79 Å². The fraction of sp³-hybridized carbons (Fsp3) is 0.261. The minimum Gasteiger partial charge on any atom is -0.457 e. The molecular weight excluding hydrogens is 400 g/mol. The molecule has 3 aromatic rings. The molecule has 0 atom stereocenters. The van der Waals surface area contributed by atoms with Crippen LogP contribution in [0.3, 0.4) is 0 Å². The number of carbonyl (C=O) groups is 2. The third kappa shape index (κ3) is 4.14. The number of anilines is 1. The molecule has 0 bridgehead atoms. The van der Waals surface area contributed by atoms with Crippen molar-refractivity contribution < 1.29 is 18.7 Å². The summed E-state index contributed by atoms with van der Waals surface area (Å²) < 4.78 is 10.4. The van der Waals surface area contributed by atoms with Crippen LogP contribution in [0.5, 0.6) is 0 Å². The van der Waals surface area contributed by atoms with E-state index < -0.39 is 18.5 Å². The molecule has 1 aliphatic carbocycles. The van der Waals surface area contributed by atoms with E-state index in [-0.39, 0.29) is 5.76 Å². The first-order valence-electron chi connectivity index (χ1n) is 9.82. The Hall–Kier alpha value is -3.37. The number of amides is 1. The first-order valence-corrected chi connectivity index (χ1v) is 10.6. The number of thiophene rings is 1. The Morgan fingerprint density at radius 3 is 2.73 bits per heavy atom. The summed E-state index contributed by atoms with van der Waals surface area (Å²) in [6.07, 6.45) is 6.51. The van der Waals surface area contributed by atoms with Gasteiger partial charge in [0.1, 0.15) is 11.1 Å². The van der Waals surface area contributed by atoms with Crippen LogP contribution in [-0.2, 0) is 22.4 Å². The second-order valence-electron chi connectivity index (χ2n) is 7.03. The highest BCUT2D eigenvalue weighted by atomic mass is 32.1.